The van der Waals surface area contributed by atoms with Gasteiger partial charge in [-0.2, -0.15) is 5.10 Å². The summed E-state index contributed by atoms with van der Waals surface area (Å²) in [5.74, 6) is 0.356. The number of ether oxygens (including phenoxy) is 2. The maximum absolute atomic E-state index is 13.3. The van der Waals surface area contributed by atoms with Gasteiger partial charge in [-0.1, -0.05) is 12.1 Å². The van der Waals surface area contributed by atoms with E-state index < -0.39 is 30.2 Å². The number of methoxy groups -OCH3 is 1. The Balaban J connectivity index is 1.62. The fourth-order valence-electron chi connectivity index (χ4n) is 3.97. The number of fused-ring (bicyclic) bond motifs is 1. The maximum Gasteiger partial charge on any atom is 0.405 e. The molecule has 4 rings (SSSR count). The average molecular weight is 507 g/mol. The van der Waals surface area contributed by atoms with Crippen LogP contribution in [0.1, 0.15) is 25.5 Å². The molecule has 192 valence electrons. The van der Waals surface area contributed by atoms with Gasteiger partial charge in [0.15, 0.2) is 0 Å². The number of nitrogens with zero attached hydrogens (tertiary/aromatic N) is 2. The Bertz CT molecular complexity index is 1410. The van der Waals surface area contributed by atoms with Gasteiger partial charge in [0.05, 0.1) is 30.6 Å². The molecular formula is C27H27FN4O5. The number of carboxylic acid groups (broad SMARTS) is 1. The van der Waals surface area contributed by atoms with Gasteiger partial charge in [0, 0.05) is 5.39 Å². The summed E-state index contributed by atoms with van der Waals surface area (Å²) in [6.07, 6.45) is -0.220. The minimum Gasteiger partial charge on any atom is -0.497 e. The lowest BCUT2D eigenvalue weighted by molar-refractivity contribution is -0.123. The molecule has 0 aliphatic carbocycles. The molecule has 0 saturated heterocycles. The number of amides is 2. The number of nitrogens with one attached hydrogen (secondary N) is 2. The number of halogens is 1. The van der Waals surface area contributed by atoms with Crippen LogP contribution in [-0.2, 0) is 4.79 Å². The van der Waals surface area contributed by atoms with Gasteiger partial charge in [0.25, 0.3) is 0 Å². The first-order valence-corrected chi connectivity index (χ1v) is 11.6. The van der Waals surface area contributed by atoms with Crippen LogP contribution in [0.15, 0.2) is 72.9 Å². The summed E-state index contributed by atoms with van der Waals surface area (Å²) in [7, 11) is 1.56. The molecule has 0 bridgehead atoms. The molecule has 0 unspecified atom stereocenters. The first kappa shape index (κ1) is 25.5. The van der Waals surface area contributed by atoms with Crippen LogP contribution >= 0.6 is 0 Å². The highest BCUT2D eigenvalue weighted by Gasteiger charge is 2.26. The third-order valence-electron chi connectivity index (χ3n) is 5.85. The van der Waals surface area contributed by atoms with E-state index in [4.69, 9.17) is 14.6 Å². The van der Waals surface area contributed by atoms with Crippen molar-refractivity contribution in [3.63, 3.8) is 0 Å². The van der Waals surface area contributed by atoms with Gasteiger partial charge in [0.2, 0.25) is 5.91 Å². The van der Waals surface area contributed by atoms with Crippen molar-refractivity contribution in [2.75, 3.05) is 7.11 Å². The number of benzene rings is 3. The quantitative estimate of drug-likeness (QED) is 0.309. The molecule has 2 amide bonds. The zero-order valence-corrected chi connectivity index (χ0v) is 20.5. The molecule has 4 aromatic rings. The van der Waals surface area contributed by atoms with E-state index in [1.54, 1.807) is 49.2 Å². The number of hydrogen-bond donors (Lipinski definition) is 3. The van der Waals surface area contributed by atoms with Crippen molar-refractivity contribution in [3.8, 4) is 17.2 Å². The first-order valence-electron chi connectivity index (χ1n) is 11.6. The van der Waals surface area contributed by atoms with Crippen molar-refractivity contribution in [1.29, 1.82) is 0 Å². The second kappa shape index (κ2) is 11.0. The Morgan fingerprint density at radius 2 is 1.76 bits per heavy atom. The Hall–Kier alpha value is -4.60. The topological polar surface area (TPSA) is 115 Å². The molecule has 0 radical (unpaired) electrons. The molecular weight excluding hydrogens is 479 g/mol. The van der Waals surface area contributed by atoms with Crippen molar-refractivity contribution in [2.24, 2.45) is 0 Å². The zero-order valence-electron chi connectivity index (χ0n) is 20.5. The number of aromatic nitrogens is 2. The van der Waals surface area contributed by atoms with Crippen LogP contribution in [0.3, 0.4) is 0 Å². The highest BCUT2D eigenvalue weighted by atomic mass is 19.1. The molecule has 1 aromatic heterocycles. The van der Waals surface area contributed by atoms with Gasteiger partial charge in [0.1, 0.15) is 29.5 Å². The fraction of sp³-hybridized carbons (Fsp3) is 0.222. The molecule has 0 fully saturated rings. The molecule has 3 N–H and O–H groups in total. The van der Waals surface area contributed by atoms with Crippen LogP contribution in [0.2, 0.25) is 0 Å². The number of carbonyl (C=O) groups is 2. The van der Waals surface area contributed by atoms with Gasteiger partial charge in [-0.3, -0.25) is 4.79 Å². The SMILES string of the molecule is COc1cccc([C@@H](Oc2ccc3c(cnn3-c3ccc(F)cc3)c2)[C@H](C)NC(=O)[C@@H](C)NC(=O)O)c1. The lowest BCUT2D eigenvalue weighted by atomic mass is 10.0. The van der Waals surface area contributed by atoms with E-state index in [1.165, 1.54) is 19.1 Å². The van der Waals surface area contributed by atoms with E-state index in [2.05, 4.69) is 15.7 Å². The van der Waals surface area contributed by atoms with E-state index in [9.17, 15) is 14.0 Å². The molecule has 10 heteroatoms. The summed E-state index contributed by atoms with van der Waals surface area (Å²) in [5, 5.41) is 19.1. The van der Waals surface area contributed by atoms with E-state index in [0.717, 1.165) is 22.2 Å². The lowest BCUT2D eigenvalue weighted by Crippen LogP contribution is -2.49. The first-order chi connectivity index (χ1) is 17.7. The minimum atomic E-state index is -1.29. The molecule has 3 atom stereocenters. The van der Waals surface area contributed by atoms with Crippen molar-refractivity contribution in [2.45, 2.75) is 32.0 Å². The standard InChI is InChI=1S/C27H27FN4O5/c1-16(30-26(33)17(2)31-27(34)35)25(18-5-4-6-22(13-18)36-3)37-23-11-12-24-19(14-23)15-29-32(24)21-9-7-20(28)8-10-21/h4-17,25,31H,1-3H3,(H,30,33)(H,34,35)/t16-,17+,25-/m0/s1. The smallest absolute Gasteiger partial charge is 0.405 e. The Kier molecular flexibility index (Phi) is 7.57. The van der Waals surface area contributed by atoms with Gasteiger partial charge in [-0.25, -0.2) is 13.9 Å². The molecule has 0 aliphatic rings. The molecule has 37 heavy (non-hydrogen) atoms. The van der Waals surface area contributed by atoms with Crippen LogP contribution in [-0.4, -0.2) is 46.1 Å². The summed E-state index contributed by atoms with van der Waals surface area (Å²) < 4.78 is 26.8. The average Bonchev–Trinajstić information content (AvgIpc) is 3.30. The number of hydrogen-bond acceptors (Lipinski definition) is 5. The largest absolute Gasteiger partial charge is 0.497 e. The number of carbonyl (C=O) groups excluding carboxylic acids is 1. The summed E-state index contributed by atoms with van der Waals surface area (Å²) in [6.45, 7) is 3.24. The second-order valence-electron chi connectivity index (χ2n) is 8.54. The summed E-state index contributed by atoms with van der Waals surface area (Å²) in [4.78, 5) is 23.5. The van der Waals surface area contributed by atoms with Crippen LogP contribution in [0.4, 0.5) is 9.18 Å². The molecule has 9 nitrogen and oxygen atoms in total. The van der Waals surface area contributed by atoms with Crippen LogP contribution < -0.4 is 20.1 Å². The minimum absolute atomic E-state index is 0.325. The highest BCUT2D eigenvalue weighted by Crippen LogP contribution is 2.30. The zero-order chi connectivity index (χ0) is 26.5. The molecule has 0 saturated carbocycles. The third kappa shape index (κ3) is 5.97. The Morgan fingerprint density at radius 1 is 1.00 bits per heavy atom. The number of rotatable bonds is 9. The fourth-order valence-corrected chi connectivity index (χ4v) is 3.97. The monoisotopic (exact) mass is 506 g/mol. The van der Waals surface area contributed by atoms with Crippen molar-refractivity contribution in [1.82, 2.24) is 20.4 Å². The van der Waals surface area contributed by atoms with Crippen molar-refractivity contribution in [3.05, 3.63) is 84.3 Å². The van der Waals surface area contributed by atoms with Crippen LogP contribution in [0, 0.1) is 5.82 Å². The predicted octanol–water partition coefficient (Wildman–Crippen LogP) is 4.45. The van der Waals surface area contributed by atoms with E-state index in [1.807, 2.05) is 30.3 Å². The summed E-state index contributed by atoms with van der Waals surface area (Å²) >= 11 is 0. The Labute approximate surface area is 212 Å². The van der Waals surface area contributed by atoms with Gasteiger partial charge >= 0.3 is 6.09 Å². The summed E-state index contributed by atoms with van der Waals surface area (Å²) in [5.41, 5.74) is 2.29. The van der Waals surface area contributed by atoms with Crippen LogP contribution in [0.25, 0.3) is 16.6 Å². The normalized spacial score (nSPS) is 13.4. The lowest BCUT2D eigenvalue weighted by Gasteiger charge is -2.28. The second-order valence-corrected chi connectivity index (χ2v) is 8.54. The van der Waals surface area contributed by atoms with Crippen molar-refractivity contribution < 1.29 is 28.6 Å². The maximum atomic E-state index is 13.3. The van der Waals surface area contributed by atoms with Crippen LogP contribution in [0.5, 0.6) is 11.5 Å². The molecule has 0 spiro atoms. The molecule has 0 aliphatic heterocycles. The molecule has 1 heterocycles. The van der Waals surface area contributed by atoms with E-state index in [0.29, 0.717) is 11.5 Å². The van der Waals surface area contributed by atoms with Gasteiger partial charge in [-0.15, -0.1) is 0 Å². The highest BCUT2D eigenvalue weighted by molar-refractivity contribution is 5.85. The molecule has 3 aromatic carbocycles. The van der Waals surface area contributed by atoms with Crippen molar-refractivity contribution >= 4 is 22.9 Å². The Morgan fingerprint density at radius 3 is 2.46 bits per heavy atom. The predicted molar refractivity (Wildman–Crippen MR) is 136 cm³/mol. The third-order valence-corrected chi connectivity index (χ3v) is 5.85. The van der Waals surface area contributed by atoms with E-state index >= 15 is 0 Å². The van der Waals surface area contributed by atoms with Gasteiger partial charge < -0.3 is 25.2 Å². The summed E-state index contributed by atoms with van der Waals surface area (Å²) in [6, 6.07) is 17.4. The van der Waals surface area contributed by atoms with Gasteiger partial charge in [-0.05, 0) is 74.0 Å². The van der Waals surface area contributed by atoms with E-state index in [-0.39, 0.29) is 5.82 Å².